The number of carboxylic acids is 1. The van der Waals surface area contributed by atoms with Crippen molar-refractivity contribution in [2.75, 3.05) is 27.7 Å². The Labute approximate surface area is 117 Å². The van der Waals surface area contributed by atoms with Crippen LogP contribution in [0.15, 0.2) is 24.3 Å². The van der Waals surface area contributed by atoms with Crippen LogP contribution in [0.1, 0.15) is 16.8 Å². The van der Waals surface area contributed by atoms with Crippen molar-refractivity contribution in [2.24, 2.45) is 0 Å². The molecule has 6 heteroatoms. The van der Waals surface area contributed by atoms with Crippen LogP contribution in [0.3, 0.4) is 0 Å². The predicted octanol–water partition coefficient (Wildman–Crippen LogP) is 1.10. The van der Waals surface area contributed by atoms with Crippen LogP contribution in [0.25, 0.3) is 0 Å². The lowest BCUT2D eigenvalue weighted by Gasteiger charge is -2.32. The zero-order valence-corrected chi connectivity index (χ0v) is 11.9. The smallest absolute Gasteiger partial charge is 0.338 e. The van der Waals surface area contributed by atoms with Gasteiger partial charge in [-0.15, -0.1) is 0 Å². The first-order valence-electron chi connectivity index (χ1n) is 6.19. The van der Waals surface area contributed by atoms with Crippen LogP contribution in [-0.2, 0) is 9.53 Å². The monoisotopic (exact) mass is 282 g/mol. The molecular formula is C14H20NO5+. The molecule has 2 N–H and O–H groups in total. The lowest BCUT2D eigenvalue weighted by atomic mass is 10.1. The molecule has 0 radical (unpaired) electrons. The molecule has 1 atom stereocenters. The van der Waals surface area contributed by atoms with Gasteiger partial charge in [-0.1, -0.05) is 0 Å². The van der Waals surface area contributed by atoms with Gasteiger partial charge in [0, 0.05) is 0 Å². The number of benzene rings is 1. The number of esters is 1. The minimum Gasteiger partial charge on any atom is -0.508 e. The number of aliphatic carboxylic acids is 1. The highest BCUT2D eigenvalue weighted by Crippen LogP contribution is 2.13. The third kappa shape index (κ3) is 4.89. The summed E-state index contributed by atoms with van der Waals surface area (Å²) in [7, 11) is 5.55. The van der Waals surface area contributed by atoms with Crippen molar-refractivity contribution < 1.29 is 29.0 Å². The fourth-order valence-corrected chi connectivity index (χ4v) is 1.61. The molecule has 0 aliphatic rings. The van der Waals surface area contributed by atoms with Crippen LogP contribution in [0, 0.1) is 0 Å². The zero-order chi connectivity index (χ0) is 15.3. The van der Waals surface area contributed by atoms with Crippen LogP contribution in [0.2, 0.25) is 0 Å². The molecule has 0 aliphatic carbocycles. The lowest BCUT2D eigenvalue weighted by Crippen LogP contribution is -2.49. The van der Waals surface area contributed by atoms with E-state index >= 15 is 0 Å². The zero-order valence-electron chi connectivity index (χ0n) is 11.9. The highest BCUT2D eigenvalue weighted by atomic mass is 16.5. The molecule has 0 amide bonds. The Morgan fingerprint density at radius 3 is 2.20 bits per heavy atom. The summed E-state index contributed by atoms with van der Waals surface area (Å²) in [6.45, 7) is 0.0233. The van der Waals surface area contributed by atoms with Crippen molar-refractivity contribution in [1.29, 1.82) is 0 Å². The quantitative estimate of drug-likeness (QED) is 0.603. The van der Waals surface area contributed by atoms with Gasteiger partial charge in [-0.3, -0.25) is 4.79 Å². The van der Waals surface area contributed by atoms with E-state index in [-0.39, 0.29) is 24.8 Å². The molecule has 0 bridgehead atoms. The van der Waals surface area contributed by atoms with E-state index in [2.05, 4.69) is 0 Å². The maximum absolute atomic E-state index is 11.8. The van der Waals surface area contributed by atoms with E-state index in [1.807, 2.05) is 21.1 Å². The van der Waals surface area contributed by atoms with Crippen molar-refractivity contribution in [2.45, 2.75) is 12.5 Å². The lowest BCUT2D eigenvalue weighted by molar-refractivity contribution is -0.895. The number of carbonyl (C=O) groups excluding carboxylic acids is 1. The van der Waals surface area contributed by atoms with E-state index in [1.165, 1.54) is 24.3 Å². The highest BCUT2D eigenvalue weighted by molar-refractivity contribution is 5.89. The summed E-state index contributed by atoms with van der Waals surface area (Å²) in [6, 6.07) is 5.37. The second-order valence-corrected chi connectivity index (χ2v) is 5.51. The topological polar surface area (TPSA) is 83.8 Å². The average Bonchev–Trinajstić information content (AvgIpc) is 2.33. The van der Waals surface area contributed by atoms with Gasteiger partial charge in [0.15, 0.2) is 0 Å². The van der Waals surface area contributed by atoms with Crippen LogP contribution >= 0.6 is 0 Å². The number of carbonyl (C=O) groups is 2. The molecule has 6 nitrogen and oxygen atoms in total. The number of aromatic hydroxyl groups is 1. The Morgan fingerprint density at radius 2 is 1.75 bits per heavy atom. The molecule has 1 aromatic carbocycles. The number of nitrogens with zero attached hydrogens (tertiary/aromatic N) is 1. The number of ether oxygens (including phenoxy) is 1. The number of hydrogen-bond donors (Lipinski definition) is 2. The number of hydrogen-bond acceptors (Lipinski definition) is 4. The van der Waals surface area contributed by atoms with Crippen LogP contribution in [0.4, 0.5) is 0 Å². The normalized spacial score (nSPS) is 12.8. The summed E-state index contributed by atoms with van der Waals surface area (Å²) < 4.78 is 5.54. The van der Waals surface area contributed by atoms with Gasteiger partial charge in [-0.25, -0.2) is 4.79 Å². The van der Waals surface area contributed by atoms with Gasteiger partial charge >= 0.3 is 11.9 Å². The van der Waals surface area contributed by atoms with Crippen molar-refractivity contribution >= 4 is 11.9 Å². The average molecular weight is 282 g/mol. The third-order valence-electron chi connectivity index (χ3n) is 3.02. The summed E-state index contributed by atoms with van der Waals surface area (Å²) in [5.41, 5.74) is 0.318. The number of likely N-dealkylation sites (N-methyl/N-ethyl adjacent to an activating group) is 1. The Balaban J connectivity index is 2.65. The molecular weight excluding hydrogens is 262 g/mol. The SMILES string of the molecule is C[N+](C)(C)C(COC(=O)c1ccc(O)cc1)CC(=O)O. The largest absolute Gasteiger partial charge is 0.508 e. The fourth-order valence-electron chi connectivity index (χ4n) is 1.61. The van der Waals surface area contributed by atoms with Crippen molar-refractivity contribution in [3.05, 3.63) is 29.8 Å². The molecule has 0 aliphatic heterocycles. The highest BCUT2D eigenvalue weighted by Gasteiger charge is 2.28. The Morgan fingerprint density at radius 1 is 1.20 bits per heavy atom. The van der Waals surface area contributed by atoms with Gasteiger partial charge in [0.2, 0.25) is 0 Å². The molecule has 0 aromatic heterocycles. The number of carboxylic acid groups (broad SMARTS) is 1. The van der Waals surface area contributed by atoms with Crippen molar-refractivity contribution in [3.63, 3.8) is 0 Å². The molecule has 20 heavy (non-hydrogen) atoms. The number of rotatable bonds is 6. The van der Waals surface area contributed by atoms with E-state index < -0.39 is 11.9 Å². The molecule has 1 unspecified atom stereocenters. The minimum atomic E-state index is -0.927. The van der Waals surface area contributed by atoms with Gasteiger partial charge in [0.05, 0.1) is 26.7 Å². The fraction of sp³-hybridized carbons (Fsp3) is 0.429. The van der Waals surface area contributed by atoms with E-state index in [1.54, 1.807) is 0 Å². The van der Waals surface area contributed by atoms with Gasteiger partial charge in [0.1, 0.15) is 24.8 Å². The molecule has 0 saturated carbocycles. The summed E-state index contributed by atoms with van der Waals surface area (Å²) in [6.07, 6.45) is -0.0770. The van der Waals surface area contributed by atoms with Crippen molar-refractivity contribution in [3.8, 4) is 5.75 Å². The predicted molar refractivity (Wildman–Crippen MR) is 72.5 cm³/mol. The van der Waals surface area contributed by atoms with Gasteiger partial charge in [0.25, 0.3) is 0 Å². The maximum Gasteiger partial charge on any atom is 0.338 e. The molecule has 0 saturated heterocycles. The van der Waals surface area contributed by atoms with E-state index in [0.29, 0.717) is 10.0 Å². The molecule has 110 valence electrons. The summed E-state index contributed by atoms with van der Waals surface area (Å²) in [5.74, 6) is -1.39. The van der Waals surface area contributed by atoms with Gasteiger partial charge in [-0.05, 0) is 24.3 Å². The summed E-state index contributed by atoms with van der Waals surface area (Å²) >= 11 is 0. The molecule has 0 spiro atoms. The first-order valence-corrected chi connectivity index (χ1v) is 6.19. The van der Waals surface area contributed by atoms with Crippen LogP contribution in [-0.4, -0.2) is 60.4 Å². The first-order chi connectivity index (χ1) is 9.20. The molecule has 0 fully saturated rings. The third-order valence-corrected chi connectivity index (χ3v) is 3.02. The summed E-state index contributed by atoms with van der Waals surface area (Å²) in [5, 5.41) is 18.0. The Hall–Kier alpha value is -2.08. The number of phenols is 1. The Kier molecular flexibility index (Phi) is 5.10. The molecule has 0 heterocycles. The van der Waals surface area contributed by atoms with E-state index in [9.17, 15) is 9.59 Å². The molecule has 1 rings (SSSR count). The van der Waals surface area contributed by atoms with E-state index in [4.69, 9.17) is 14.9 Å². The maximum atomic E-state index is 11.8. The van der Waals surface area contributed by atoms with Crippen LogP contribution < -0.4 is 0 Å². The minimum absolute atomic E-state index is 0.0233. The number of quaternary nitrogens is 1. The first kappa shape index (κ1) is 16.0. The van der Waals surface area contributed by atoms with Gasteiger partial charge in [-0.2, -0.15) is 0 Å². The second kappa shape index (κ2) is 6.38. The number of phenolic OH excluding ortho intramolecular Hbond substituents is 1. The standard InChI is InChI=1S/C14H19NO5/c1-15(2,3)11(8-13(17)18)9-20-14(19)10-4-6-12(16)7-5-10/h4-7,11H,8-9H2,1-3H3,(H-,16,17,18,19)/p+1. The van der Waals surface area contributed by atoms with Gasteiger partial charge < -0.3 is 19.4 Å². The van der Waals surface area contributed by atoms with E-state index in [0.717, 1.165) is 0 Å². The Bertz CT molecular complexity index is 475. The molecule has 1 aromatic rings. The second-order valence-electron chi connectivity index (χ2n) is 5.51. The summed E-state index contributed by atoms with van der Waals surface area (Å²) in [4.78, 5) is 22.6. The van der Waals surface area contributed by atoms with Crippen molar-refractivity contribution in [1.82, 2.24) is 0 Å². The van der Waals surface area contributed by atoms with Crippen LogP contribution in [0.5, 0.6) is 5.75 Å².